The molecule has 0 aliphatic rings. The third kappa shape index (κ3) is 4.94. The Morgan fingerprint density at radius 1 is 1.30 bits per heavy atom. The molecule has 1 atom stereocenters. The topological polar surface area (TPSA) is 79.3 Å². The van der Waals surface area contributed by atoms with E-state index >= 15 is 0 Å². The van der Waals surface area contributed by atoms with Gasteiger partial charge in [0, 0.05) is 19.7 Å². The minimum absolute atomic E-state index is 0.0465. The van der Waals surface area contributed by atoms with E-state index in [9.17, 15) is 5.11 Å². The second kappa shape index (κ2) is 8.01. The Bertz CT molecular complexity index is 408. The van der Waals surface area contributed by atoms with Crippen LogP contribution in [0.25, 0.3) is 0 Å². The zero-order chi connectivity index (χ0) is 15.0. The molecule has 1 aromatic heterocycles. The Morgan fingerprint density at radius 2 is 2.00 bits per heavy atom. The number of methoxy groups -OCH3 is 1. The first-order valence-electron chi connectivity index (χ1n) is 7.06. The molecule has 6 heteroatoms. The molecule has 0 spiro atoms. The lowest BCUT2D eigenvalue weighted by Crippen LogP contribution is -2.38. The lowest BCUT2D eigenvalue weighted by molar-refractivity contribution is 0.178. The van der Waals surface area contributed by atoms with Gasteiger partial charge in [0.25, 0.3) is 0 Å². The molecular weight excluding hydrogens is 256 g/mol. The molecule has 0 radical (unpaired) electrons. The van der Waals surface area contributed by atoms with Gasteiger partial charge in [-0.1, -0.05) is 13.8 Å². The van der Waals surface area contributed by atoms with Crippen molar-refractivity contribution < 1.29 is 9.84 Å². The number of aliphatic hydroxyl groups excluding tert-OH is 1. The van der Waals surface area contributed by atoms with Gasteiger partial charge in [0.05, 0.1) is 12.1 Å². The molecule has 114 valence electrons. The highest BCUT2D eigenvalue weighted by molar-refractivity contribution is 5.49. The average Bonchev–Trinajstić information content (AvgIpc) is 2.45. The van der Waals surface area contributed by atoms with Crippen molar-refractivity contribution in [2.45, 2.75) is 45.8 Å². The summed E-state index contributed by atoms with van der Waals surface area (Å²) >= 11 is 0. The van der Waals surface area contributed by atoms with E-state index in [4.69, 9.17) is 4.74 Å². The van der Waals surface area contributed by atoms with Gasteiger partial charge in [-0.25, -0.2) is 9.97 Å². The number of hydrogen-bond acceptors (Lipinski definition) is 6. The SMILES string of the molecule is CCCNc1cc(NC(C)(CC)CO)nc(COC)n1. The molecule has 0 bridgehead atoms. The Morgan fingerprint density at radius 3 is 2.55 bits per heavy atom. The Hall–Kier alpha value is -1.40. The monoisotopic (exact) mass is 282 g/mol. The molecule has 20 heavy (non-hydrogen) atoms. The molecule has 0 aliphatic carbocycles. The average molecular weight is 282 g/mol. The van der Waals surface area contributed by atoms with Crippen LogP contribution in [0.2, 0.25) is 0 Å². The normalized spacial score (nSPS) is 13.8. The summed E-state index contributed by atoms with van der Waals surface area (Å²) < 4.78 is 5.10. The van der Waals surface area contributed by atoms with Crippen molar-refractivity contribution in [3.05, 3.63) is 11.9 Å². The smallest absolute Gasteiger partial charge is 0.158 e. The minimum atomic E-state index is -0.388. The lowest BCUT2D eigenvalue weighted by atomic mass is 10.0. The molecule has 0 fully saturated rings. The van der Waals surface area contributed by atoms with E-state index in [0.29, 0.717) is 18.2 Å². The first-order chi connectivity index (χ1) is 9.56. The van der Waals surface area contributed by atoms with Crippen molar-refractivity contribution in [3.8, 4) is 0 Å². The number of rotatable bonds is 9. The number of nitrogens with zero attached hydrogens (tertiary/aromatic N) is 2. The van der Waals surface area contributed by atoms with Crippen LogP contribution in [-0.4, -0.2) is 40.9 Å². The Kier molecular flexibility index (Phi) is 6.67. The number of nitrogens with one attached hydrogen (secondary N) is 2. The van der Waals surface area contributed by atoms with Crippen LogP contribution in [0.1, 0.15) is 39.4 Å². The predicted octanol–water partition coefficient (Wildman–Crippen LogP) is 2.02. The van der Waals surface area contributed by atoms with Crippen LogP contribution >= 0.6 is 0 Å². The van der Waals surface area contributed by atoms with Gasteiger partial charge in [-0.3, -0.25) is 0 Å². The maximum atomic E-state index is 9.48. The Labute approximate surface area is 121 Å². The summed E-state index contributed by atoms with van der Waals surface area (Å²) in [5.74, 6) is 2.09. The maximum absolute atomic E-state index is 9.48. The molecule has 0 saturated carbocycles. The van der Waals surface area contributed by atoms with Crippen molar-refractivity contribution in [2.75, 3.05) is 30.9 Å². The second-order valence-electron chi connectivity index (χ2n) is 5.11. The first-order valence-corrected chi connectivity index (χ1v) is 7.06. The van der Waals surface area contributed by atoms with E-state index in [2.05, 4.69) is 27.5 Å². The molecule has 0 aliphatic heterocycles. The van der Waals surface area contributed by atoms with E-state index < -0.39 is 0 Å². The lowest BCUT2D eigenvalue weighted by Gasteiger charge is -2.28. The fourth-order valence-corrected chi connectivity index (χ4v) is 1.65. The fraction of sp³-hybridized carbons (Fsp3) is 0.714. The van der Waals surface area contributed by atoms with Crippen LogP contribution in [0.15, 0.2) is 6.07 Å². The van der Waals surface area contributed by atoms with Gasteiger partial charge in [-0.05, 0) is 19.8 Å². The van der Waals surface area contributed by atoms with Crippen molar-refractivity contribution >= 4 is 11.6 Å². The Balaban J connectivity index is 2.95. The molecule has 0 saturated heterocycles. The van der Waals surface area contributed by atoms with E-state index in [1.165, 1.54) is 0 Å². The maximum Gasteiger partial charge on any atom is 0.158 e. The molecule has 1 aromatic rings. The minimum Gasteiger partial charge on any atom is -0.394 e. The standard InChI is InChI=1S/C14H26N4O2/c1-5-7-15-11-8-12(17-13(16-11)9-20-4)18-14(3,6-2)10-19/h8,19H,5-7,9-10H2,1-4H3,(H2,15,16,17,18). The van der Waals surface area contributed by atoms with Crippen molar-refractivity contribution in [1.29, 1.82) is 0 Å². The molecule has 1 heterocycles. The van der Waals surface area contributed by atoms with E-state index in [0.717, 1.165) is 25.2 Å². The van der Waals surface area contributed by atoms with Gasteiger partial charge in [-0.15, -0.1) is 0 Å². The summed E-state index contributed by atoms with van der Waals surface area (Å²) in [7, 11) is 1.62. The van der Waals surface area contributed by atoms with Crippen LogP contribution in [0, 0.1) is 0 Å². The van der Waals surface area contributed by atoms with Crippen LogP contribution in [-0.2, 0) is 11.3 Å². The number of anilines is 2. The van der Waals surface area contributed by atoms with Gasteiger partial charge in [0.2, 0.25) is 0 Å². The van der Waals surface area contributed by atoms with Crippen molar-refractivity contribution in [1.82, 2.24) is 9.97 Å². The molecule has 3 N–H and O–H groups in total. The van der Waals surface area contributed by atoms with Crippen LogP contribution in [0.4, 0.5) is 11.6 Å². The summed E-state index contributed by atoms with van der Waals surface area (Å²) in [4.78, 5) is 8.81. The van der Waals surface area contributed by atoms with Crippen LogP contribution in [0.3, 0.4) is 0 Å². The largest absolute Gasteiger partial charge is 0.394 e. The van der Waals surface area contributed by atoms with Crippen LogP contribution < -0.4 is 10.6 Å². The van der Waals surface area contributed by atoms with Gasteiger partial charge in [0.1, 0.15) is 18.2 Å². The highest BCUT2D eigenvalue weighted by Gasteiger charge is 2.21. The van der Waals surface area contributed by atoms with Gasteiger partial charge < -0.3 is 20.5 Å². The highest BCUT2D eigenvalue weighted by Crippen LogP contribution is 2.19. The van der Waals surface area contributed by atoms with E-state index in [-0.39, 0.29) is 12.1 Å². The number of aromatic nitrogens is 2. The molecule has 1 unspecified atom stereocenters. The molecule has 1 rings (SSSR count). The quantitative estimate of drug-likeness (QED) is 0.643. The molecule has 6 nitrogen and oxygen atoms in total. The number of ether oxygens (including phenoxy) is 1. The van der Waals surface area contributed by atoms with Crippen molar-refractivity contribution in [2.24, 2.45) is 0 Å². The van der Waals surface area contributed by atoms with Crippen LogP contribution in [0.5, 0.6) is 0 Å². The predicted molar refractivity (Wildman–Crippen MR) is 80.9 cm³/mol. The van der Waals surface area contributed by atoms with Gasteiger partial charge in [-0.2, -0.15) is 0 Å². The van der Waals surface area contributed by atoms with Gasteiger partial charge >= 0.3 is 0 Å². The summed E-state index contributed by atoms with van der Waals surface area (Å²) in [6.45, 7) is 7.35. The molecular formula is C14H26N4O2. The summed E-state index contributed by atoms with van der Waals surface area (Å²) in [6.07, 6.45) is 1.82. The molecule has 0 aromatic carbocycles. The number of aliphatic hydroxyl groups is 1. The first kappa shape index (κ1) is 16.7. The third-order valence-corrected chi connectivity index (χ3v) is 3.16. The summed E-state index contributed by atoms with van der Waals surface area (Å²) in [6, 6.07) is 1.86. The fourth-order valence-electron chi connectivity index (χ4n) is 1.65. The third-order valence-electron chi connectivity index (χ3n) is 3.16. The second-order valence-corrected chi connectivity index (χ2v) is 5.11. The van der Waals surface area contributed by atoms with Crippen molar-refractivity contribution in [3.63, 3.8) is 0 Å². The summed E-state index contributed by atoms with van der Waals surface area (Å²) in [5, 5.41) is 16.0. The zero-order valence-electron chi connectivity index (χ0n) is 12.9. The molecule has 0 amide bonds. The summed E-state index contributed by atoms with van der Waals surface area (Å²) in [5.41, 5.74) is -0.388. The zero-order valence-corrected chi connectivity index (χ0v) is 12.9. The van der Waals surface area contributed by atoms with E-state index in [1.807, 2.05) is 19.9 Å². The highest BCUT2D eigenvalue weighted by atomic mass is 16.5. The van der Waals surface area contributed by atoms with E-state index in [1.54, 1.807) is 7.11 Å². The van der Waals surface area contributed by atoms with Gasteiger partial charge in [0.15, 0.2) is 5.82 Å². The number of hydrogen-bond donors (Lipinski definition) is 3.